The van der Waals surface area contributed by atoms with Crippen LogP contribution < -0.4 is 11.1 Å². The Labute approximate surface area is 114 Å². The molecular weight excluding hydrogens is 296 g/mol. The van der Waals surface area contributed by atoms with Gasteiger partial charge in [0.15, 0.2) is 0 Å². The molecule has 1 aromatic heterocycles. The summed E-state index contributed by atoms with van der Waals surface area (Å²) in [6, 6.07) is 4.10. The van der Waals surface area contributed by atoms with Crippen LogP contribution in [0.4, 0.5) is 11.7 Å². The van der Waals surface area contributed by atoms with E-state index in [0.717, 1.165) is 21.3 Å². The van der Waals surface area contributed by atoms with Gasteiger partial charge >= 0.3 is 6.01 Å². The second kappa shape index (κ2) is 5.07. The van der Waals surface area contributed by atoms with Crippen molar-refractivity contribution in [3.05, 3.63) is 33.6 Å². The average molecular weight is 311 g/mol. The lowest BCUT2D eigenvalue weighted by Gasteiger charge is -2.07. The molecule has 5 nitrogen and oxygen atoms in total. The molecule has 18 heavy (non-hydrogen) atoms. The first-order valence-electron chi connectivity index (χ1n) is 5.60. The molecular formula is C12H15BrN4O. The lowest BCUT2D eigenvalue weighted by atomic mass is 10.1. The van der Waals surface area contributed by atoms with Crippen LogP contribution in [0.5, 0.6) is 0 Å². The van der Waals surface area contributed by atoms with Gasteiger partial charge in [0, 0.05) is 10.2 Å². The van der Waals surface area contributed by atoms with Gasteiger partial charge in [0.05, 0.1) is 6.04 Å². The summed E-state index contributed by atoms with van der Waals surface area (Å²) in [4.78, 5) is 0. The van der Waals surface area contributed by atoms with Gasteiger partial charge in [-0.25, -0.2) is 0 Å². The number of nitrogens with one attached hydrogen (secondary N) is 1. The Bertz CT molecular complexity index is 542. The summed E-state index contributed by atoms with van der Waals surface area (Å²) in [6.07, 6.45) is 0. The third-order valence-corrected chi connectivity index (χ3v) is 3.77. The number of nitrogens with two attached hydrogens (primary N) is 1. The summed E-state index contributed by atoms with van der Waals surface area (Å²) in [5.41, 5.74) is 8.85. The van der Waals surface area contributed by atoms with Crippen molar-refractivity contribution in [2.75, 3.05) is 5.32 Å². The van der Waals surface area contributed by atoms with Crippen LogP contribution in [0.15, 0.2) is 21.0 Å². The first-order chi connectivity index (χ1) is 8.47. The molecule has 3 N–H and O–H groups in total. The van der Waals surface area contributed by atoms with E-state index in [1.54, 1.807) is 6.92 Å². The van der Waals surface area contributed by atoms with Crippen molar-refractivity contribution in [3.8, 4) is 0 Å². The van der Waals surface area contributed by atoms with E-state index in [-0.39, 0.29) is 6.04 Å². The van der Waals surface area contributed by atoms with Crippen LogP contribution in [0, 0.1) is 13.8 Å². The SMILES string of the molecule is Cc1cc(Nc2nnc(C(C)N)o2)cc(C)c1Br. The lowest BCUT2D eigenvalue weighted by Crippen LogP contribution is -2.04. The number of hydrogen-bond acceptors (Lipinski definition) is 5. The largest absolute Gasteiger partial charge is 0.406 e. The average Bonchev–Trinajstić information content (AvgIpc) is 2.74. The zero-order chi connectivity index (χ0) is 13.3. The molecule has 0 aliphatic rings. The fourth-order valence-corrected chi connectivity index (χ4v) is 1.84. The maximum absolute atomic E-state index is 5.66. The molecule has 0 aliphatic heterocycles. The molecule has 96 valence electrons. The van der Waals surface area contributed by atoms with Crippen LogP contribution in [0.2, 0.25) is 0 Å². The molecule has 6 heteroatoms. The Hall–Kier alpha value is -1.40. The number of aryl methyl sites for hydroxylation is 2. The summed E-state index contributed by atoms with van der Waals surface area (Å²) in [6.45, 7) is 5.86. The fraction of sp³-hybridized carbons (Fsp3) is 0.333. The molecule has 0 amide bonds. The van der Waals surface area contributed by atoms with Crippen molar-refractivity contribution in [2.45, 2.75) is 26.8 Å². The van der Waals surface area contributed by atoms with Crippen molar-refractivity contribution in [3.63, 3.8) is 0 Å². The van der Waals surface area contributed by atoms with E-state index in [0.29, 0.717) is 11.9 Å². The first-order valence-corrected chi connectivity index (χ1v) is 6.39. The van der Waals surface area contributed by atoms with E-state index >= 15 is 0 Å². The van der Waals surface area contributed by atoms with E-state index in [1.165, 1.54) is 0 Å². The predicted octanol–water partition coefficient (Wildman–Crippen LogP) is 3.21. The number of benzene rings is 1. The molecule has 0 saturated carbocycles. The van der Waals surface area contributed by atoms with Crippen molar-refractivity contribution in [1.82, 2.24) is 10.2 Å². The Morgan fingerprint density at radius 3 is 2.39 bits per heavy atom. The number of halogens is 1. The molecule has 0 radical (unpaired) electrons. The third-order valence-electron chi connectivity index (χ3n) is 2.52. The van der Waals surface area contributed by atoms with E-state index in [1.807, 2.05) is 26.0 Å². The number of rotatable bonds is 3. The second-order valence-electron chi connectivity index (χ2n) is 4.28. The summed E-state index contributed by atoms with van der Waals surface area (Å²) in [7, 11) is 0. The van der Waals surface area contributed by atoms with Crippen LogP contribution in [-0.4, -0.2) is 10.2 Å². The van der Waals surface area contributed by atoms with E-state index in [4.69, 9.17) is 10.2 Å². The smallest absolute Gasteiger partial charge is 0.320 e. The topological polar surface area (TPSA) is 77.0 Å². The Morgan fingerprint density at radius 2 is 1.89 bits per heavy atom. The molecule has 1 atom stereocenters. The quantitative estimate of drug-likeness (QED) is 0.910. The minimum Gasteiger partial charge on any atom is -0.406 e. The lowest BCUT2D eigenvalue weighted by molar-refractivity contribution is 0.475. The van der Waals surface area contributed by atoms with E-state index in [9.17, 15) is 0 Å². The minimum atomic E-state index is -0.263. The highest BCUT2D eigenvalue weighted by Crippen LogP contribution is 2.26. The van der Waals surface area contributed by atoms with Crippen molar-refractivity contribution in [1.29, 1.82) is 0 Å². The van der Waals surface area contributed by atoms with Crippen LogP contribution in [0.1, 0.15) is 30.0 Å². The fourth-order valence-electron chi connectivity index (χ4n) is 1.61. The van der Waals surface area contributed by atoms with Crippen LogP contribution in [0.3, 0.4) is 0 Å². The zero-order valence-electron chi connectivity index (χ0n) is 10.5. The molecule has 2 rings (SSSR count). The van der Waals surface area contributed by atoms with Gasteiger partial charge < -0.3 is 15.5 Å². The number of aromatic nitrogens is 2. The molecule has 1 heterocycles. The number of nitrogens with zero attached hydrogens (tertiary/aromatic N) is 2. The predicted molar refractivity (Wildman–Crippen MR) is 73.8 cm³/mol. The van der Waals surface area contributed by atoms with Gasteiger partial charge in [0.25, 0.3) is 0 Å². The summed E-state index contributed by atoms with van der Waals surface area (Å²) < 4.78 is 6.50. The number of anilines is 2. The van der Waals surface area contributed by atoms with Crippen LogP contribution in [0.25, 0.3) is 0 Å². The summed E-state index contributed by atoms with van der Waals surface area (Å²) in [5.74, 6) is 0.419. The third kappa shape index (κ3) is 2.70. The zero-order valence-corrected chi connectivity index (χ0v) is 12.1. The molecule has 0 aliphatic carbocycles. The highest BCUT2D eigenvalue weighted by Gasteiger charge is 2.10. The molecule has 0 bridgehead atoms. The molecule has 0 saturated heterocycles. The van der Waals surface area contributed by atoms with Gasteiger partial charge in [0.1, 0.15) is 0 Å². The number of hydrogen-bond donors (Lipinski definition) is 2. The standard InChI is InChI=1S/C12H15BrN4O/c1-6-4-9(5-7(2)10(6)13)15-12-17-16-11(18-12)8(3)14/h4-5,8H,14H2,1-3H3,(H,15,17). The molecule has 0 fully saturated rings. The summed E-state index contributed by atoms with van der Waals surface area (Å²) >= 11 is 3.53. The van der Waals surface area contributed by atoms with Gasteiger partial charge in [-0.05, 0) is 44.0 Å². The van der Waals surface area contributed by atoms with E-state index < -0.39 is 0 Å². The molecule has 1 aromatic carbocycles. The van der Waals surface area contributed by atoms with Crippen molar-refractivity contribution >= 4 is 27.6 Å². The van der Waals surface area contributed by atoms with Crippen molar-refractivity contribution in [2.24, 2.45) is 5.73 Å². The van der Waals surface area contributed by atoms with Crippen LogP contribution in [-0.2, 0) is 0 Å². The normalized spacial score (nSPS) is 12.5. The monoisotopic (exact) mass is 310 g/mol. The van der Waals surface area contributed by atoms with Crippen LogP contribution >= 0.6 is 15.9 Å². The second-order valence-corrected chi connectivity index (χ2v) is 5.08. The van der Waals surface area contributed by atoms with E-state index in [2.05, 4.69) is 31.4 Å². The minimum absolute atomic E-state index is 0.263. The Balaban J connectivity index is 2.23. The van der Waals surface area contributed by atoms with Crippen molar-refractivity contribution < 1.29 is 4.42 Å². The van der Waals surface area contributed by atoms with Gasteiger partial charge in [-0.2, -0.15) is 0 Å². The first kappa shape index (κ1) is 13.0. The Morgan fingerprint density at radius 1 is 1.28 bits per heavy atom. The van der Waals surface area contributed by atoms with Gasteiger partial charge in [-0.1, -0.05) is 21.0 Å². The molecule has 2 aromatic rings. The maximum Gasteiger partial charge on any atom is 0.320 e. The highest BCUT2D eigenvalue weighted by molar-refractivity contribution is 9.10. The Kier molecular flexibility index (Phi) is 3.68. The molecule has 1 unspecified atom stereocenters. The van der Waals surface area contributed by atoms with Gasteiger partial charge in [0.2, 0.25) is 5.89 Å². The van der Waals surface area contributed by atoms with Gasteiger partial charge in [-0.3, -0.25) is 0 Å². The summed E-state index contributed by atoms with van der Waals surface area (Å²) in [5, 5.41) is 10.8. The maximum atomic E-state index is 5.66. The molecule has 0 spiro atoms. The highest BCUT2D eigenvalue weighted by atomic mass is 79.9. The van der Waals surface area contributed by atoms with Gasteiger partial charge in [-0.15, -0.1) is 5.10 Å².